The molecule has 28 heavy (non-hydrogen) atoms. The molecule has 0 saturated heterocycles. The molecule has 0 nitrogen and oxygen atoms in total. The van der Waals surface area contributed by atoms with Gasteiger partial charge in [-0.3, -0.25) is 0 Å². The summed E-state index contributed by atoms with van der Waals surface area (Å²) < 4.78 is 30.4. The minimum absolute atomic E-state index is 0.197. The van der Waals surface area contributed by atoms with Crippen molar-refractivity contribution in [2.75, 3.05) is 0 Å². The third-order valence-electron chi connectivity index (χ3n) is 6.19. The van der Waals surface area contributed by atoms with E-state index in [1.165, 1.54) is 6.42 Å². The lowest BCUT2D eigenvalue weighted by Gasteiger charge is -2.38. The van der Waals surface area contributed by atoms with Gasteiger partial charge in [-0.15, -0.1) is 5.92 Å². The van der Waals surface area contributed by atoms with Crippen LogP contribution in [0.15, 0.2) is 36.4 Å². The van der Waals surface area contributed by atoms with E-state index in [0.717, 1.165) is 56.9 Å². The normalized spacial score (nSPS) is 15.7. The van der Waals surface area contributed by atoms with E-state index in [0.29, 0.717) is 16.7 Å². The van der Waals surface area contributed by atoms with Crippen LogP contribution >= 0.6 is 0 Å². The molecule has 0 spiro atoms. The Labute approximate surface area is 168 Å². The van der Waals surface area contributed by atoms with Crippen molar-refractivity contribution in [2.45, 2.75) is 77.0 Å². The molecule has 3 rings (SSSR count). The van der Waals surface area contributed by atoms with E-state index in [9.17, 15) is 0 Å². The van der Waals surface area contributed by atoms with Crippen LogP contribution in [0.1, 0.15) is 82.8 Å². The van der Waals surface area contributed by atoms with Crippen molar-refractivity contribution in [3.63, 3.8) is 0 Å². The Morgan fingerprint density at radius 3 is 2.25 bits per heavy atom. The second-order valence-corrected chi connectivity index (χ2v) is 8.04. The van der Waals surface area contributed by atoms with E-state index >= 15 is 8.78 Å². The van der Waals surface area contributed by atoms with E-state index < -0.39 is 11.6 Å². The van der Waals surface area contributed by atoms with Crippen LogP contribution in [0.4, 0.5) is 8.78 Å². The average Bonchev–Trinajstić information content (AvgIpc) is 2.72. The molecule has 1 saturated carbocycles. The molecule has 0 bridgehead atoms. The number of benzene rings is 2. The van der Waals surface area contributed by atoms with Crippen molar-refractivity contribution in [2.24, 2.45) is 0 Å². The van der Waals surface area contributed by atoms with Crippen molar-refractivity contribution in [3.8, 4) is 23.0 Å². The highest BCUT2D eigenvalue weighted by atomic mass is 19.2. The molecule has 0 unspecified atom stereocenters. The summed E-state index contributed by atoms with van der Waals surface area (Å²) in [6, 6.07) is 11.0. The average molecular weight is 381 g/mol. The lowest BCUT2D eigenvalue weighted by molar-refractivity contribution is 0.255. The summed E-state index contributed by atoms with van der Waals surface area (Å²) in [5, 5.41) is 0. The second kappa shape index (κ2) is 9.37. The molecule has 1 aliphatic carbocycles. The number of halogens is 2. The Morgan fingerprint density at radius 2 is 1.61 bits per heavy atom. The van der Waals surface area contributed by atoms with Gasteiger partial charge in [0.05, 0.1) is 0 Å². The zero-order chi connectivity index (χ0) is 20.0. The quantitative estimate of drug-likeness (QED) is 0.354. The van der Waals surface area contributed by atoms with Gasteiger partial charge in [-0.05, 0) is 54.9 Å². The molecule has 0 atom stereocenters. The highest BCUT2D eigenvalue weighted by Crippen LogP contribution is 2.45. The van der Waals surface area contributed by atoms with Crippen LogP contribution in [-0.4, -0.2) is 0 Å². The molecule has 0 N–H and O–H groups in total. The Hall–Kier alpha value is -2.14. The first-order chi connectivity index (χ1) is 13.6. The van der Waals surface area contributed by atoms with Gasteiger partial charge in [0, 0.05) is 11.1 Å². The van der Waals surface area contributed by atoms with Crippen molar-refractivity contribution >= 4 is 0 Å². The number of unbranched alkanes of at least 4 members (excludes halogenated alkanes) is 2. The van der Waals surface area contributed by atoms with E-state index in [-0.39, 0.29) is 5.41 Å². The summed E-state index contributed by atoms with van der Waals surface area (Å²) in [4.78, 5) is 0. The summed E-state index contributed by atoms with van der Waals surface area (Å²) in [7, 11) is 0. The molecular formula is C26H30F2. The molecule has 0 aromatic heterocycles. The topological polar surface area (TPSA) is 0 Å². The molecule has 2 heteroatoms. The minimum atomic E-state index is -0.715. The molecule has 1 fully saturated rings. The first-order valence-electron chi connectivity index (χ1n) is 10.6. The number of hydrogen-bond acceptors (Lipinski definition) is 0. The maximum absolute atomic E-state index is 15.3. The van der Waals surface area contributed by atoms with Crippen molar-refractivity contribution in [1.82, 2.24) is 0 Å². The number of hydrogen-bond donors (Lipinski definition) is 0. The van der Waals surface area contributed by atoms with E-state index in [1.807, 2.05) is 30.3 Å². The highest BCUT2D eigenvalue weighted by molar-refractivity contribution is 5.66. The molecule has 2 aromatic rings. The monoisotopic (exact) mass is 380 g/mol. The van der Waals surface area contributed by atoms with Crippen LogP contribution in [0.2, 0.25) is 0 Å². The van der Waals surface area contributed by atoms with Gasteiger partial charge in [0.2, 0.25) is 0 Å². The zero-order valence-electron chi connectivity index (χ0n) is 17.1. The smallest absolute Gasteiger partial charge is 0.166 e. The SMILES string of the molecule is CC#Cc1ccc(-c2ccc(C3(CCCCC)CCCCC3)c(F)c2F)cc1. The fourth-order valence-corrected chi connectivity index (χ4v) is 4.66. The van der Waals surface area contributed by atoms with Gasteiger partial charge in [0.25, 0.3) is 0 Å². The second-order valence-electron chi connectivity index (χ2n) is 8.04. The first kappa shape index (κ1) is 20.6. The molecule has 2 aromatic carbocycles. The molecule has 148 valence electrons. The summed E-state index contributed by atoms with van der Waals surface area (Å²) >= 11 is 0. The zero-order valence-corrected chi connectivity index (χ0v) is 17.1. The summed E-state index contributed by atoms with van der Waals surface area (Å²) in [5.74, 6) is 4.46. The van der Waals surface area contributed by atoms with Gasteiger partial charge in [0.15, 0.2) is 11.6 Å². The van der Waals surface area contributed by atoms with Crippen LogP contribution in [0.25, 0.3) is 11.1 Å². The van der Waals surface area contributed by atoms with Gasteiger partial charge in [-0.2, -0.15) is 0 Å². The largest absolute Gasteiger partial charge is 0.203 e. The van der Waals surface area contributed by atoms with Crippen LogP contribution in [0, 0.1) is 23.5 Å². The van der Waals surface area contributed by atoms with Crippen molar-refractivity contribution < 1.29 is 8.78 Å². The van der Waals surface area contributed by atoms with Crippen LogP contribution in [0.3, 0.4) is 0 Å². The summed E-state index contributed by atoms with van der Waals surface area (Å²) in [6.45, 7) is 3.96. The van der Waals surface area contributed by atoms with Gasteiger partial charge < -0.3 is 0 Å². The molecular weight excluding hydrogens is 350 g/mol. The lowest BCUT2D eigenvalue weighted by Crippen LogP contribution is -2.30. The maximum Gasteiger partial charge on any atom is 0.166 e. The predicted molar refractivity (Wildman–Crippen MR) is 113 cm³/mol. The van der Waals surface area contributed by atoms with E-state index in [1.54, 1.807) is 13.0 Å². The van der Waals surface area contributed by atoms with Crippen molar-refractivity contribution in [3.05, 3.63) is 59.2 Å². The fraction of sp³-hybridized carbons (Fsp3) is 0.462. The minimum Gasteiger partial charge on any atom is -0.203 e. The Kier molecular flexibility index (Phi) is 6.89. The maximum atomic E-state index is 15.3. The van der Waals surface area contributed by atoms with Crippen molar-refractivity contribution in [1.29, 1.82) is 0 Å². The van der Waals surface area contributed by atoms with Crippen LogP contribution in [-0.2, 0) is 5.41 Å². The molecule has 0 radical (unpaired) electrons. The lowest BCUT2D eigenvalue weighted by atomic mass is 9.66. The van der Waals surface area contributed by atoms with Gasteiger partial charge in [-0.25, -0.2) is 8.78 Å². The fourth-order valence-electron chi connectivity index (χ4n) is 4.66. The highest BCUT2D eigenvalue weighted by Gasteiger charge is 2.36. The molecule has 0 amide bonds. The third-order valence-corrected chi connectivity index (χ3v) is 6.19. The molecule has 0 aliphatic heterocycles. The Balaban J connectivity index is 1.96. The predicted octanol–water partition coefficient (Wildman–Crippen LogP) is 7.79. The van der Waals surface area contributed by atoms with Gasteiger partial charge >= 0.3 is 0 Å². The first-order valence-corrected chi connectivity index (χ1v) is 10.6. The number of rotatable bonds is 6. The van der Waals surface area contributed by atoms with E-state index in [2.05, 4.69) is 18.8 Å². The third kappa shape index (κ3) is 4.30. The molecule has 0 heterocycles. The van der Waals surface area contributed by atoms with Gasteiger partial charge in [-0.1, -0.05) is 75.6 Å². The van der Waals surface area contributed by atoms with Gasteiger partial charge in [0.1, 0.15) is 0 Å². The van der Waals surface area contributed by atoms with E-state index in [4.69, 9.17) is 0 Å². The summed E-state index contributed by atoms with van der Waals surface area (Å²) in [6.07, 6.45) is 9.68. The van der Waals surface area contributed by atoms with Crippen LogP contribution < -0.4 is 0 Å². The standard InChI is InChI=1S/C26H30F2/c1-3-5-7-17-26(18-8-6-9-19-26)23-16-15-22(24(27)25(23)28)21-13-11-20(10-4-2)12-14-21/h11-16H,3,5-9,17-19H2,1-2H3. The Bertz CT molecular complexity index is 846. The van der Waals surface area contributed by atoms with Crippen LogP contribution in [0.5, 0.6) is 0 Å². The Morgan fingerprint density at radius 1 is 0.893 bits per heavy atom. The summed E-state index contributed by atoms with van der Waals surface area (Å²) in [5.41, 5.74) is 2.29. The molecule has 1 aliphatic rings.